The highest BCUT2D eigenvalue weighted by atomic mass is 16.2. The number of fused-ring (bicyclic) bond motifs is 1. The lowest BCUT2D eigenvalue weighted by Gasteiger charge is -2.16. The van der Waals surface area contributed by atoms with Gasteiger partial charge in [0, 0.05) is 40.4 Å². The van der Waals surface area contributed by atoms with Gasteiger partial charge in [-0.2, -0.15) is 0 Å². The summed E-state index contributed by atoms with van der Waals surface area (Å²) in [5, 5.41) is 3.89. The van der Waals surface area contributed by atoms with Gasteiger partial charge >= 0.3 is 0 Å². The first-order valence-corrected chi connectivity index (χ1v) is 9.42. The van der Waals surface area contributed by atoms with Crippen molar-refractivity contribution < 1.29 is 4.79 Å². The number of para-hydroxylation sites is 1. The average Bonchev–Trinajstić information content (AvgIpc) is 2.91. The van der Waals surface area contributed by atoms with E-state index in [2.05, 4.69) is 34.8 Å². The minimum atomic E-state index is -0.148. The molecule has 0 fully saturated rings. The summed E-state index contributed by atoms with van der Waals surface area (Å²) in [4.78, 5) is 28.0. The van der Waals surface area contributed by atoms with Crippen molar-refractivity contribution in [2.75, 3.05) is 0 Å². The second kappa shape index (κ2) is 7.43. The van der Waals surface area contributed by atoms with E-state index in [0.717, 1.165) is 34.3 Å². The molecular formula is C22H27N3O2. The summed E-state index contributed by atoms with van der Waals surface area (Å²) in [5.74, 6) is -0.148. The number of nitrogens with one attached hydrogen (secondary N) is 2. The molecule has 0 bridgehead atoms. The summed E-state index contributed by atoms with van der Waals surface area (Å²) >= 11 is 0. The van der Waals surface area contributed by atoms with Crippen LogP contribution < -0.4 is 10.9 Å². The lowest BCUT2D eigenvalue weighted by atomic mass is 10.1. The SMILES string of the molecule is CC[C@@H](C)n1c(C)c(C(=O)NCc2c(C)cc(C)[nH]c2=O)c2ccccc21. The summed E-state index contributed by atoms with van der Waals surface area (Å²) in [5.41, 5.74) is 4.86. The molecule has 1 aromatic carbocycles. The molecule has 2 heterocycles. The van der Waals surface area contributed by atoms with Gasteiger partial charge in [0.2, 0.25) is 0 Å². The number of rotatable bonds is 5. The fraction of sp³-hybridized carbons (Fsp3) is 0.364. The van der Waals surface area contributed by atoms with Crippen LogP contribution in [0.5, 0.6) is 0 Å². The molecule has 0 saturated heterocycles. The van der Waals surface area contributed by atoms with E-state index >= 15 is 0 Å². The Labute approximate surface area is 159 Å². The van der Waals surface area contributed by atoms with Gasteiger partial charge in [-0.15, -0.1) is 0 Å². The molecule has 27 heavy (non-hydrogen) atoms. The van der Waals surface area contributed by atoms with Crippen LogP contribution in [0.15, 0.2) is 35.1 Å². The number of nitrogens with zero attached hydrogens (tertiary/aromatic N) is 1. The second-order valence-electron chi connectivity index (χ2n) is 7.23. The van der Waals surface area contributed by atoms with Gasteiger partial charge in [0.1, 0.15) is 0 Å². The molecular weight excluding hydrogens is 338 g/mol. The van der Waals surface area contributed by atoms with Crippen LogP contribution in [0.25, 0.3) is 10.9 Å². The maximum Gasteiger partial charge on any atom is 0.254 e. The van der Waals surface area contributed by atoms with Crippen LogP contribution in [0, 0.1) is 20.8 Å². The van der Waals surface area contributed by atoms with Crippen LogP contribution in [-0.4, -0.2) is 15.5 Å². The molecule has 142 valence electrons. The minimum Gasteiger partial charge on any atom is -0.348 e. The van der Waals surface area contributed by atoms with Crippen molar-refractivity contribution in [3.8, 4) is 0 Å². The number of aromatic nitrogens is 2. The Morgan fingerprint density at radius 3 is 2.59 bits per heavy atom. The van der Waals surface area contributed by atoms with E-state index in [-0.39, 0.29) is 18.0 Å². The number of hydrogen-bond donors (Lipinski definition) is 2. The Balaban J connectivity index is 1.98. The monoisotopic (exact) mass is 365 g/mol. The summed E-state index contributed by atoms with van der Waals surface area (Å²) in [6, 6.07) is 10.2. The van der Waals surface area contributed by atoms with Crippen molar-refractivity contribution in [3.05, 3.63) is 68.8 Å². The van der Waals surface area contributed by atoms with Crippen LogP contribution in [0.2, 0.25) is 0 Å². The van der Waals surface area contributed by atoms with E-state index in [9.17, 15) is 9.59 Å². The molecule has 0 aliphatic rings. The van der Waals surface area contributed by atoms with Crippen LogP contribution in [-0.2, 0) is 6.54 Å². The van der Waals surface area contributed by atoms with Crippen molar-refractivity contribution in [1.29, 1.82) is 0 Å². The fourth-order valence-electron chi connectivity index (χ4n) is 3.79. The number of carbonyl (C=O) groups excluding carboxylic acids is 1. The summed E-state index contributed by atoms with van der Waals surface area (Å²) in [6.45, 7) is 10.3. The van der Waals surface area contributed by atoms with E-state index in [1.165, 1.54) is 0 Å². The standard InChI is InChI=1S/C22H27N3O2/c1-6-15(4)25-16(5)20(17-9-7-8-10-19(17)25)22(27)23-12-18-13(2)11-14(3)24-21(18)26/h7-11,15H,6,12H2,1-5H3,(H,23,27)(H,24,26)/t15-/m1/s1. The normalized spacial score (nSPS) is 12.3. The molecule has 1 atom stereocenters. The summed E-state index contributed by atoms with van der Waals surface area (Å²) < 4.78 is 2.23. The number of carbonyl (C=O) groups is 1. The molecule has 0 unspecified atom stereocenters. The Kier molecular flexibility index (Phi) is 5.22. The molecule has 3 aromatic rings. The number of pyridine rings is 1. The Morgan fingerprint density at radius 2 is 1.93 bits per heavy atom. The lowest BCUT2D eigenvalue weighted by Crippen LogP contribution is -2.28. The van der Waals surface area contributed by atoms with Gasteiger partial charge in [-0.1, -0.05) is 25.1 Å². The number of hydrogen-bond acceptors (Lipinski definition) is 2. The van der Waals surface area contributed by atoms with Crippen LogP contribution in [0.3, 0.4) is 0 Å². The van der Waals surface area contributed by atoms with Gasteiger partial charge in [-0.3, -0.25) is 9.59 Å². The molecule has 0 spiro atoms. The molecule has 5 nitrogen and oxygen atoms in total. The van der Waals surface area contributed by atoms with Gasteiger partial charge in [-0.05, 0) is 51.8 Å². The molecule has 2 N–H and O–H groups in total. The zero-order valence-electron chi connectivity index (χ0n) is 16.6. The van der Waals surface area contributed by atoms with Gasteiger partial charge in [0.05, 0.1) is 5.56 Å². The first-order valence-electron chi connectivity index (χ1n) is 9.42. The predicted octanol–water partition coefficient (Wildman–Crippen LogP) is 4.16. The smallest absolute Gasteiger partial charge is 0.254 e. The van der Waals surface area contributed by atoms with Crippen LogP contribution >= 0.6 is 0 Å². The third-order valence-electron chi connectivity index (χ3n) is 5.33. The third kappa shape index (κ3) is 3.42. The number of amides is 1. The van der Waals surface area contributed by atoms with Crippen molar-refractivity contribution in [1.82, 2.24) is 14.9 Å². The maximum absolute atomic E-state index is 13.0. The molecule has 0 radical (unpaired) electrons. The number of benzene rings is 1. The number of H-pyrrole nitrogens is 1. The first kappa shape index (κ1) is 19.0. The zero-order chi connectivity index (χ0) is 19.7. The van der Waals surface area contributed by atoms with E-state index in [4.69, 9.17) is 0 Å². The topological polar surface area (TPSA) is 66.9 Å². The van der Waals surface area contributed by atoms with Crippen molar-refractivity contribution in [3.63, 3.8) is 0 Å². The molecule has 3 rings (SSSR count). The number of aryl methyl sites for hydroxylation is 2. The molecule has 0 saturated carbocycles. The Bertz CT molecular complexity index is 1060. The van der Waals surface area contributed by atoms with E-state index in [0.29, 0.717) is 17.2 Å². The molecule has 2 aromatic heterocycles. The van der Waals surface area contributed by atoms with Crippen molar-refractivity contribution in [2.24, 2.45) is 0 Å². The molecule has 1 amide bonds. The zero-order valence-corrected chi connectivity index (χ0v) is 16.6. The minimum absolute atomic E-state index is 0.147. The van der Waals surface area contributed by atoms with Gasteiger partial charge in [0.25, 0.3) is 11.5 Å². The quantitative estimate of drug-likeness (QED) is 0.713. The first-order chi connectivity index (χ1) is 12.8. The van der Waals surface area contributed by atoms with Crippen LogP contribution in [0.1, 0.15) is 59.2 Å². The van der Waals surface area contributed by atoms with Gasteiger partial charge in [-0.25, -0.2) is 0 Å². The maximum atomic E-state index is 13.0. The third-order valence-corrected chi connectivity index (χ3v) is 5.33. The Hall–Kier alpha value is -2.82. The van der Waals surface area contributed by atoms with E-state index in [1.54, 1.807) is 0 Å². The fourth-order valence-corrected chi connectivity index (χ4v) is 3.79. The summed E-state index contributed by atoms with van der Waals surface area (Å²) in [7, 11) is 0. The van der Waals surface area contributed by atoms with Crippen molar-refractivity contribution >= 4 is 16.8 Å². The highest BCUT2D eigenvalue weighted by Crippen LogP contribution is 2.30. The lowest BCUT2D eigenvalue weighted by molar-refractivity contribution is 0.0951. The molecule has 5 heteroatoms. The highest BCUT2D eigenvalue weighted by Gasteiger charge is 2.21. The van der Waals surface area contributed by atoms with Gasteiger partial charge in [0.15, 0.2) is 0 Å². The molecule has 0 aliphatic heterocycles. The Morgan fingerprint density at radius 1 is 1.22 bits per heavy atom. The average molecular weight is 365 g/mol. The summed E-state index contributed by atoms with van der Waals surface area (Å²) in [6.07, 6.45) is 0.985. The van der Waals surface area contributed by atoms with E-state index in [1.807, 2.05) is 45.0 Å². The highest BCUT2D eigenvalue weighted by molar-refractivity contribution is 6.08. The van der Waals surface area contributed by atoms with Crippen LogP contribution in [0.4, 0.5) is 0 Å². The predicted molar refractivity (Wildman–Crippen MR) is 109 cm³/mol. The number of aromatic amines is 1. The largest absolute Gasteiger partial charge is 0.348 e. The van der Waals surface area contributed by atoms with E-state index < -0.39 is 0 Å². The van der Waals surface area contributed by atoms with Gasteiger partial charge < -0.3 is 14.9 Å². The van der Waals surface area contributed by atoms with Crippen molar-refractivity contribution in [2.45, 2.75) is 53.6 Å². The molecule has 0 aliphatic carbocycles. The second-order valence-corrected chi connectivity index (χ2v) is 7.23.